The molecule has 0 aliphatic carbocycles. The first-order valence-electron chi connectivity index (χ1n) is 10.5. The number of nitrogens with two attached hydrogens (primary N) is 1. The van der Waals surface area contributed by atoms with E-state index in [1.807, 2.05) is 18.2 Å². The molecule has 2 N–H and O–H groups in total. The molecule has 2 amide bonds. The number of anilines is 2. The molecule has 0 radical (unpaired) electrons. The van der Waals surface area contributed by atoms with E-state index in [2.05, 4.69) is 17.0 Å². The van der Waals surface area contributed by atoms with Crippen molar-refractivity contribution in [2.45, 2.75) is 31.8 Å². The summed E-state index contributed by atoms with van der Waals surface area (Å²) >= 11 is 0. The van der Waals surface area contributed by atoms with Gasteiger partial charge in [-0.1, -0.05) is 37.1 Å². The summed E-state index contributed by atoms with van der Waals surface area (Å²) in [5.74, 6) is -0.319. The molecule has 2 aromatic rings. The minimum atomic E-state index is -0.856. The minimum absolute atomic E-state index is 0.101. The summed E-state index contributed by atoms with van der Waals surface area (Å²) in [7, 11) is 0. The summed E-state index contributed by atoms with van der Waals surface area (Å²) in [5, 5.41) is 0. The molecular weight excluding hydrogens is 378 g/mol. The zero-order valence-corrected chi connectivity index (χ0v) is 17.0. The monoisotopic (exact) mass is 405 g/mol. The molecule has 2 aliphatic heterocycles. The summed E-state index contributed by atoms with van der Waals surface area (Å²) in [6.07, 6.45) is 7.56. The van der Waals surface area contributed by atoms with E-state index in [0.29, 0.717) is 11.4 Å². The van der Waals surface area contributed by atoms with E-state index in [0.717, 1.165) is 18.7 Å². The Morgan fingerprint density at radius 1 is 0.967 bits per heavy atom. The molecule has 1 unspecified atom stereocenters. The Hall–Kier alpha value is -3.28. The zero-order chi connectivity index (χ0) is 20.9. The van der Waals surface area contributed by atoms with Gasteiger partial charge in [-0.3, -0.25) is 9.59 Å². The topological polar surface area (TPSA) is 75.9 Å². The van der Waals surface area contributed by atoms with Crippen molar-refractivity contribution in [3.05, 3.63) is 60.2 Å². The Kier molecular flexibility index (Phi) is 6.02. The van der Waals surface area contributed by atoms with Gasteiger partial charge in [0, 0.05) is 24.9 Å². The lowest BCUT2D eigenvalue weighted by Gasteiger charge is -2.32. The van der Waals surface area contributed by atoms with Gasteiger partial charge in [0.25, 0.3) is 11.8 Å². The highest BCUT2D eigenvalue weighted by atomic mass is 16.5. The molecular formula is C24H27N3O3. The first-order valence-corrected chi connectivity index (χ1v) is 10.5. The van der Waals surface area contributed by atoms with Gasteiger partial charge in [0.2, 0.25) is 0 Å². The average Bonchev–Trinajstić information content (AvgIpc) is 3.06. The third-order valence-electron chi connectivity index (χ3n) is 5.64. The van der Waals surface area contributed by atoms with E-state index < -0.39 is 12.0 Å². The highest BCUT2D eigenvalue weighted by Crippen LogP contribution is 2.33. The first-order chi connectivity index (χ1) is 14.6. The fourth-order valence-electron chi connectivity index (χ4n) is 3.97. The maximum absolute atomic E-state index is 12.9. The minimum Gasteiger partial charge on any atom is -0.477 e. The molecule has 1 fully saturated rings. The SMILES string of the molecule is NC(=O)C1CN(C(=O)/C=C/c2ccc(N3CCCCCC3)cc2)c2ccccc2O1. The summed E-state index contributed by atoms with van der Waals surface area (Å²) in [4.78, 5) is 28.5. The fourth-order valence-corrected chi connectivity index (χ4v) is 3.97. The number of carbonyl (C=O) groups excluding carboxylic acids is 2. The highest BCUT2D eigenvalue weighted by Gasteiger charge is 2.31. The third-order valence-corrected chi connectivity index (χ3v) is 5.64. The average molecular weight is 405 g/mol. The molecule has 2 aliphatic rings. The Labute approximate surface area is 176 Å². The van der Waals surface area contributed by atoms with Gasteiger partial charge < -0.3 is 20.3 Å². The predicted molar refractivity (Wildman–Crippen MR) is 119 cm³/mol. The number of ether oxygens (including phenoxy) is 1. The van der Waals surface area contributed by atoms with Crippen LogP contribution in [0.4, 0.5) is 11.4 Å². The van der Waals surface area contributed by atoms with E-state index in [1.165, 1.54) is 42.3 Å². The van der Waals surface area contributed by atoms with Crippen molar-refractivity contribution in [2.75, 3.05) is 29.4 Å². The van der Waals surface area contributed by atoms with Crippen molar-refractivity contribution in [1.82, 2.24) is 0 Å². The summed E-state index contributed by atoms with van der Waals surface area (Å²) < 4.78 is 5.62. The van der Waals surface area contributed by atoms with Gasteiger partial charge in [-0.25, -0.2) is 0 Å². The number of benzene rings is 2. The van der Waals surface area contributed by atoms with E-state index in [-0.39, 0.29) is 12.5 Å². The van der Waals surface area contributed by atoms with Crippen LogP contribution in [0.15, 0.2) is 54.6 Å². The Morgan fingerprint density at radius 3 is 2.37 bits per heavy atom. The lowest BCUT2D eigenvalue weighted by atomic mass is 10.1. The number of carbonyl (C=O) groups is 2. The van der Waals surface area contributed by atoms with E-state index in [4.69, 9.17) is 10.5 Å². The highest BCUT2D eigenvalue weighted by molar-refractivity contribution is 6.05. The van der Waals surface area contributed by atoms with Gasteiger partial charge in [0.05, 0.1) is 12.2 Å². The maximum atomic E-state index is 12.9. The van der Waals surface area contributed by atoms with Crippen LogP contribution >= 0.6 is 0 Å². The van der Waals surface area contributed by atoms with Crippen LogP contribution in [0.1, 0.15) is 31.2 Å². The normalized spacial score (nSPS) is 19.1. The van der Waals surface area contributed by atoms with Gasteiger partial charge in [0.15, 0.2) is 6.10 Å². The van der Waals surface area contributed by atoms with Crippen LogP contribution in [0.2, 0.25) is 0 Å². The number of para-hydroxylation sites is 2. The molecule has 1 atom stereocenters. The second-order valence-corrected chi connectivity index (χ2v) is 7.75. The lowest BCUT2D eigenvalue weighted by molar-refractivity contribution is -0.125. The number of amides is 2. The van der Waals surface area contributed by atoms with Gasteiger partial charge >= 0.3 is 0 Å². The molecule has 6 nitrogen and oxygen atoms in total. The van der Waals surface area contributed by atoms with Crippen molar-refractivity contribution in [3.63, 3.8) is 0 Å². The molecule has 6 heteroatoms. The molecule has 4 rings (SSSR count). The molecule has 2 aromatic carbocycles. The smallest absolute Gasteiger partial charge is 0.260 e. The molecule has 0 saturated carbocycles. The van der Waals surface area contributed by atoms with Crippen LogP contribution < -0.4 is 20.3 Å². The van der Waals surface area contributed by atoms with Crippen molar-refractivity contribution < 1.29 is 14.3 Å². The summed E-state index contributed by atoms with van der Waals surface area (Å²) in [6, 6.07) is 15.5. The molecule has 0 bridgehead atoms. The second kappa shape index (κ2) is 9.03. The number of hydrogen-bond acceptors (Lipinski definition) is 4. The zero-order valence-electron chi connectivity index (χ0n) is 17.0. The van der Waals surface area contributed by atoms with Gasteiger partial charge in [-0.05, 0) is 48.7 Å². The van der Waals surface area contributed by atoms with Crippen LogP contribution in [0, 0.1) is 0 Å². The van der Waals surface area contributed by atoms with Crippen LogP contribution in [0.5, 0.6) is 5.75 Å². The molecule has 0 aromatic heterocycles. The predicted octanol–water partition coefficient (Wildman–Crippen LogP) is 3.36. The van der Waals surface area contributed by atoms with Crippen molar-refractivity contribution >= 4 is 29.3 Å². The molecule has 30 heavy (non-hydrogen) atoms. The lowest BCUT2D eigenvalue weighted by Crippen LogP contribution is -2.49. The number of hydrogen-bond donors (Lipinski definition) is 1. The largest absolute Gasteiger partial charge is 0.477 e. The fraction of sp³-hybridized carbons (Fsp3) is 0.333. The summed E-state index contributed by atoms with van der Waals surface area (Å²) in [6.45, 7) is 2.31. The van der Waals surface area contributed by atoms with Gasteiger partial charge in [0.1, 0.15) is 5.75 Å². The molecule has 2 heterocycles. The van der Waals surface area contributed by atoms with Gasteiger partial charge in [-0.15, -0.1) is 0 Å². The van der Waals surface area contributed by atoms with E-state index in [1.54, 1.807) is 24.3 Å². The Bertz CT molecular complexity index is 931. The van der Waals surface area contributed by atoms with E-state index in [9.17, 15) is 9.59 Å². The Morgan fingerprint density at radius 2 is 1.67 bits per heavy atom. The number of fused-ring (bicyclic) bond motifs is 1. The van der Waals surface area contributed by atoms with Crippen LogP contribution in [-0.2, 0) is 9.59 Å². The number of rotatable bonds is 4. The maximum Gasteiger partial charge on any atom is 0.260 e. The standard InChI is InChI=1S/C24H27N3O3/c25-24(29)22-17-27(20-7-3-4-8-21(20)30-22)23(28)14-11-18-9-12-19(13-10-18)26-15-5-1-2-6-16-26/h3-4,7-14,22H,1-2,5-6,15-17H2,(H2,25,29)/b14-11+. The Balaban J connectivity index is 1.47. The number of primary amides is 1. The van der Waals surface area contributed by atoms with Crippen molar-refractivity contribution in [1.29, 1.82) is 0 Å². The summed E-state index contributed by atoms with van der Waals surface area (Å²) in [5.41, 5.74) is 8.24. The second-order valence-electron chi connectivity index (χ2n) is 7.75. The molecule has 0 spiro atoms. The van der Waals surface area contributed by atoms with Crippen LogP contribution in [-0.4, -0.2) is 37.6 Å². The first kappa shape index (κ1) is 20.0. The number of nitrogens with zero attached hydrogens (tertiary/aromatic N) is 2. The van der Waals surface area contributed by atoms with Crippen LogP contribution in [0.3, 0.4) is 0 Å². The molecule has 156 valence electrons. The van der Waals surface area contributed by atoms with Gasteiger partial charge in [-0.2, -0.15) is 0 Å². The quantitative estimate of drug-likeness (QED) is 0.792. The van der Waals surface area contributed by atoms with Crippen LogP contribution in [0.25, 0.3) is 6.08 Å². The van der Waals surface area contributed by atoms with Crippen molar-refractivity contribution in [3.8, 4) is 5.75 Å². The van der Waals surface area contributed by atoms with E-state index >= 15 is 0 Å². The third kappa shape index (κ3) is 4.48. The molecule has 1 saturated heterocycles. The van der Waals surface area contributed by atoms with Crippen molar-refractivity contribution in [2.24, 2.45) is 5.73 Å².